The Hall–Kier alpha value is -0.470. The molecule has 2 saturated heterocycles. The standard InChI is InChI=1S/C15H24N2O3S2/c18-11-14-9-17(10-15(14)13-5-8-21-12-13)22(19,20)16-6-3-1-2-4-7-16/h5,8,12,14-15,18H,1-4,6-7,9-11H2/t14-,15-/m0/s1. The van der Waals surface area contributed by atoms with Crippen molar-refractivity contribution in [1.82, 2.24) is 8.61 Å². The lowest BCUT2D eigenvalue weighted by Gasteiger charge is -2.26. The van der Waals surface area contributed by atoms with E-state index in [1.54, 1.807) is 19.9 Å². The average Bonchev–Trinajstić information content (AvgIpc) is 3.09. The fraction of sp³-hybridized carbons (Fsp3) is 0.733. The number of aliphatic hydroxyl groups is 1. The summed E-state index contributed by atoms with van der Waals surface area (Å²) in [5, 5.41) is 13.7. The van der Waals surface area contributed by atoms with Gasteiger partial charge in [-0.05, 0) is 35.2 Å². The van der Waals surface area contributed by atoms with Gasteiger partial charge in [0.25, 0.3) is 10.2 Å². The first-order chi connectivity index (χ1) is 10.6. The Balaban J connectivity index is 1.77. The minimum absolute atomic E-state index is 0.00338. The Bertz CT molecular complexity index is 566. The first-order valence-electron chi connectivity index (χ1n) is 8.01. The number of thiophene rings is 1. The molecule has 2 atom stereocenters. The normalized spacial score (nSPS) is 28.8. The lowest BCUT2D eigenvalue weighted by atomic mass is 9.92. The van der Waals surface area contributed by atoms with Crippen molar-refractivity contribution in [3.05, 3.63) is 22.4 Å². The molecule has 22 heavy (non-hydrogen) atoms. The first-order valence-corrected chi connectivity index (χ1v) is 10.3. The molecule has 3 rings (SSSR count). The van der Waals surface area contributed by atoms with Gasteiger partial charge in [-0.15, -0.1) is 0 Å². The fourth-order valence-electron chi connectivity index (χ4n) is 3.50. The molecule has 1 N–H and O–H groups in total. The molecular formula is C15H24N2O3S2. The third-order valence-electron chi connectivity index (χ3n) is 4.83. The maximum Gasteiger partial charge on any atom is 0.282 e. The molecular weight excluding hydrogens is 320 g/mol. The van der Waals surface area contributed by atoms with Crippen molar-refractivity contribution in [1.29, 1.82) is 0 Å². The summed E-state index contributed by atoms with van der Waals surface area (Å²) < 4.78 is 29.0. The van der Waals surface area contributed by atoms with Gasteiger partial charge in [0.15, 0.2) is 0 Å². The van der Waals surface area contributed by atoms with Gasteiger partial charge in [0.05, 0.1) is 0 Å². The van der Waals surface area contributed by atoms with Crippen LogP contribution in [0.15, 0.2) is 16.8 Å². The molecule has 5 nitrogen and oxygen atoms in total. The van der Waals surface area contributed by atoms with Crippen molar-refractivity contribution in [2.75, 3.05) is 32.8 Å². The molecule has 0 spiro atoms. The van der Waals surface area contributed by atoms with Gasteiger partial charge in [-0.1, -0.05) is 12.8 Å². The summed E-state index contributed by atoms with van der Waals surface area (Å²) in [5.74, 6) is 0.106. The zero-order valence-electron chi connectivity index (χ0n) is 12.7. The van der Waals surface area contributed by atoms with Crippen LogP contribution in [0.3, 0.4) is 0 Å². The van der Waals surface area contributed by atoms with E-state index in [0.29, 0.717) is 26.2 Å². The maximum atomic E-state index is 12.9. The zero-order valence-corrected chi connectivity index (χ0v) is 14.4. The van der Waals surface area contributed by atoms with Crippen molar-refractivity contribution in [2.45, 2.75) is 31.6 Å². The largest absolute Gasteiger partial charge is 0.396 e. The first kappa shape index (κ1) is 16.4. The van der Waals surface area contributed by atoms with E-state index >= 15 is 0 Å². The van der Waals surface area contributed by atoms with E-state index in [0.717, 1.165) is 31.2 Å². The highest BCUT2D eigenvalue weighted by atomic mass is 32.2. The Morgan fingerprint density at radius 3 is 2.45 bits per heavy atom. The molecule has 0 amide bonds. The van der Waals surface area contributed by atoms with Crippen LogP contribution in [0.1, 0.15) is 37.2 Å². The van der Waals surface area contributed by atoms with E-state index in [-0.39, 0.29) is 18.4 Å². The molecule has 0 bridgehead atoms. The topological polar surface area (TPSA) is 60.9 Å². The summed E-state index contributed by atoms with van der Waals surface area (Å²) in [6.45, 7) is 2.21. The maximum absolute atomic E-state index is 12.9. The quantitative estimate of drug-likeness (QED) is 0.907. The summed E-state index contributed by atoms with van der Waals surface area (Å²) in [5.41, 5.74) is 1.15. The van der Waals surface area contributed by atoms with Gasteiger partial charge in [0.1, 0.15) is 0 Å². The van der Waals surface area contributed by atoms with Gasteiger partial charge >= 0.3 is 0 Å². The molecule has 2 aliphatic heterocycles. The van der Waals surface area contributed by atoms with Crippen LogP contribution in [-0.4, -0.2) is 54.9 Å². The highest BCUT2D eigenvalue weighted by Gasteiger charge is 2.41. The average molecular weight is 345 g/mol. The SMILES string of the molecule is O=S(=O)(N1CCCCCC1)N1C[C@@H](CO)[C@H](c2ccsc2)C1. The summed E-state index contributed by atoms with van der Waals surface area (Å²) in [6, 6.07) is 2.04. The van der Waals surface area contributed by atoms with E-state index in [2.05, 4.69) is 5.38 Å². The van der Waals surface area contributed by atoms with Crippen LogP contribution >= 0.6 is 11.3 Å². The summed E-state index contributed by atoms with van der Waals surface area (Å²) >= 11 is 1.62. The number of hydrogen-bond acceptors (Lipinski definition) is 4. The van der Waals surface area contributed by atoms with E-state index in [4.69, 9.17) is 0 Å². The van der Waals surface area contributed by atoms with Crippen molar-refractivity contribution in [3.8, 4) is 0 Å². The van der Waals surface area contributed by atoms with Gasteiger partial charge < -0.3 is 5.11 Å². The number of aliphatic hydroxyl groups excluding tert-OH is 1. The van der Waals surface area contributed by atoms with Gasteiger partial charge in [-0.25, -0.2) is 0 Å². The van der Waals surface area contributed by atoms with Crippen LogP contribution in [0.2, 0.25) is 0 Å². The monoisotopic (exact) mass is 344 g/mol. The van der Waals surface area contributed by atoms with Crippen molar-refractivity contribution >= 4 is 21.5 Å². The van der Waals surface area contributed by atoms with Crippen LogP contribution in [0.5, 0.6) is 0 Å². The Morgan fingerprint density at radius 1 is 1.14 bits per heavy atom. The second kappa shape index (κ2) is 6.97. The van der Waals surface area contributed by atoms with Crippen LogP contribution in [0, 0.1) is 5.92 Å². The molecule has 1 aromatic heterocycles. The fourth-order valence-corrected chi connectivity index (χ4v) is 6.00. The van der Waals surface area contributed by atoms with Gasteiger partial charge in [-0.2, -0.15) is 28.4 Å². The number of nitrogens with zero attached hydrogens (tertiary/aromatic N) is 2. The highest BCUT2D eigenvalue weighted by Crippen LogP contribution is 2.35. The highest BCUT2D eigenvalue weighted by molar-refractivity contribution is 7.86. The molecule has 2 aliphatic rings. The predicted molar refractivity (Wildman–Crippen MR) is 88.2 cm³/mol. The third-order valence-corrected chi connectivity index (χ3v) is 7.50. The smallest absolute Gasteiger partial charge is 0.282 e. The second-order valence-electron chi connectivity index (χ2n) is 6.24. The van der Waals surface area contributed by atoms with Gasteiger partial charge in [-0.3, -0.25) is 0 Å². The van der Waals surface area contributed by atoms with E-state index < -0.39 is 10.2 Å². The van der Waals surface area contributed by atoms with E-state index in [1.807, 2.05) is 11.4 Å². The Morgan fingerprint density at radius 2 is 1.86 bits per heavy atom. The molecule has 124 valence electrons. The molecule has 0 unspecified atom stereocenters. The van der Waals surface area contributed by atoms with Gasteiger partial charge in [0, 0.05) is 44.6 Å². The molecule has 0 saturated carbocycles. The molecule has 2 fully saturated rings. The van der Waals surface area contributed by atoms with E-state index in [9.17, 15) is 13.5 Å². The van der Waals surface area contributed by atoms with Crippen LogP contribution < -0.4 is 0 Å². The van der Waals surface area contributed by atoms with Crippen molar-refractivity contribution in [3.63, 3.8) is 0 Å². The van der Waals surface area contributed by atoms with Gasteiger partial charge in [0.2, 0.25) is 0 Å². The van der Waals surface area contributed by atoms with Crippen molar-refractivity contribution < 1.29 is 13.5 Å². The Kier molecular flexibility index (Phi) is 5.19. The van der Waals surface area contributed by atoms with Crippen molar-refractivity contribution in [2.24, 2.45) is 5.92 Å². The number of hydrogen-bond donors (Lipinski definition) is 1. The molecule has 7 heteroatoms. The van der Waals surface area contributed by atoms with Crippen LogP contribution in [0.4, 0.5) is 0 Å². The molecule has 0 aromatic carbocycles. The summed E-state index contributed by atoms with van der Waals surface area (Å²) in [6.07, 6.45) is 4.13. The Labute approximate surface area is 136 Å². The van der Waals surface area contributed by atoms with Crippen LogP contribution in [-0.2, 0) is 10.2 Å². The summed E-state index contributed by atoms with van der Waals surface area (Å²) in [4.78, 5) is 0. The van der Waals surface area contributed by atoms with E-state index in [1.165, 1.54) is 0 Å². The predicted octanol–water partition coefficient (Wildman–Crippen LogP) is 1.88. The molecule has 0 radical (unpaired) electrons. The molecule has 3 heterocycles. The lowest BCUT2D eigenvalue weighted by Crippen LogP contribution is -2.43. The zero-order chi connectivity index (χ0) is 15.6. The molecule has 0 aliphatic carbocycles. The minimum atomic E-state index is -3.39. The molecule has 1 aromatic rings. The number of rotatable bonds is 4. The van der Waals surface area contributed by atoms with Crippen LogP contribution in [0.25, 0.3) is 0 Å². The lowest BCUT2D eigenvalue weighted by molar-refractivity contribution is 0.222. The minimum Gasteiger partial charge on any atom is -0.396 e. The second-order valence-corrected chi connectivity index (χ2v) is 8.95. The summed E-state index contributed by atoms with van der Waals surface area (Å²) in [7, 11) is -3.39. The third kappa shape index (κ3) is 3.23.